The van der Waals surface area contributed by atoms with Crippen LogP contribution in [0.2, 0.25) is 0 Å². The molecular formula is C12H24F3N3. The number of hydrogen-bond acceptors (Lipinski definition) is 3. The maximum Gasteiger partial charge on any atom is 0.401 e. The molecule has 1 unspecified atom stereocenters. The minimum absolute atomic E-state index is 0.517. The van der Waals surface area contributed by atoms with Gasteiger partial charge in [0.15, 0.2) is 0 Å². The molecule has 0 aromatic heterocycles. The van der Waals surface area contributed by atoms with Crippen LogP contribution in [0.25, 0.3) is 0 Å². The summed E-state index contributed by atoms with van der Waals surface area (Å²) < 4.78 is 36.7. The van der Waals surface area contributed by atoms with Crippen molar-refractivity contribution < 1.29 is 13.2 Å². The Morgan fingerprint density at radius 2 is 1.67 bits per heavy atom. The number of piperazine rings is 1. The van der Waals surface area contributed by atoms with Crippen LogP contribution in [0.15, 0.2) is 0 Å². The Morgan fingerprint density at radius 1 is 1.11 bits per heavy atom. The summed E-state index contributed by atoms with van der Waals surface area (Å²) in [6.45, 7) is 5.60. The van der Waals surface area contributed by atoms with Crippen molar-refractivity contribution >= 4 is 0 Å². The van der Waals surface area contributed by atoms with Crippen molar-refractivity contribution in [1.29, 1.82) is 0 Å². The molecule has 6 heteroatoms. The molecule has 1 atom stereocenters. The second-order valence-corrected chi connectivity index (χ2v) is 5.23. The lowest BCUT2D eigenvalue weighted by molar-refractivity contribution is -0.149. The monoisotopic (exact) mass is 267 g/mol. The zero-order chi connectivity index (χ0) is 13.6. The highest BCUT2D eigenvalue weighted by Crippen LogP contribution is 2.18. The van der Waals surface area contributed by atoms with Crippen molar-refractivity contribution in [2.75, 3.05) is 45.8 Å². The molecule has 1 aliphatic rings. The van der Waals surface area contributed by atoms with E-state index in [0.29, 0.717) is 25.6 Å². The highest BCUT2D eigenvalue weighted by Gasteiger charge is 2.32. The molecule has 1 fully saturated rings. The summed E-state index contributed by atoms with van der Waals surface area (Å²) in [5.41, 5.74) is 5.46. The van der Waals surface area contributed by atoms with Gasteiger partial charge in [0.1, 0.15) is 0 Å². The largest absolute Gasteiger partial charge is 0.401 e. The average molecular weight is 267 g/mol. The van der Waals surface area contributed by atoms with Crippen LogP contribution >= 0.6 is 0 Å². The van der Waals surface area contributed by atoms with E-state index in [2.05, 4.69) is 11.8 Å². The Bertz CT molecular complexity index is 225. The van der Waals surface area contributed by atoms with Crippen LogP contribution in [0.4, 0.5) is 13.2 Å². The summed E-state index contributed by atoms with van der Waals surface area (Å²) >= 11 is 0. The Balaban J connectivity index is 2.19. The molecule has 0 spiro atoms. The summed E-state index contributed by atoms with van der Waals surface area (Å²) in [4.78, 5) is 3.75. The van der Waals surface area contributed by atoms with Gasteiger partial charge in [-0.2, -0.15) is 13.2 Å². The van der Waals surface area contributed by atoms with Gasteiger partial charge in [-0.3, -0.25) is 4.90 Å². The third-order valence-electron chi connectivity index (χ3n) is 3.34. The van der Waals surface area contributed by atoms with E-state index >= 15 is 0 Å². The average Bonchev–Trinajstić information content (AvgIpc) is 2.27. The zero-order valence-electron chi connectivity index (χ0n) is 11.0. The second kappa shape index (κ2) is 7.31. The molecule has 3 nitrogen and oxygen atoms in total. The number of halogens is 3. The van der Waals surface area contributed by atoms with Crippen LogP contribution in [0.3, 0.4) is 0 Å². The lowest BCUT2D eigenvalue weighted by atomic mass is 10.0. The van der Waals surface area contributed by atoms with E-state index in [1.807, 2.05) is 0 Å². The SMILES string of the molecule is CC(CCCN)CN1CCN(CC(F)(F)F)CC1. The predicted molar refractivity (Wildman–Crippen MR) is 66.4 cm³/mol. The normalized spacial score (nSPS) is 21.2. The molecule has 18 heavy (non-hydrogen) atoms. The number of rotatable bonds is 6. The first-order chi connectivity index (χ1) is 8.40. The molecule has 0 saturated carbocycles. The Hall–Kier alpha value is -0.330. The predicted octanol–water partition coefficient (Wildman–Crippen LogP) is 1.54. The van der Waals surface area contributed by atoms with Crippen LogP contribution < -0.4 is 5.73 Å². The van der Waals surface area contributed by atoms with Gasteiger partial charge in [0.2, 0.25) is 0 Å². The van der Waals surface area contributed by atoms with Gasteiger partial charge in [-0.25, -0.2) is 0 Å². The first kappa shape index (κ1) is 15.7. The van der Waals surface area contributed by atoms with Crippen LogP contribution in [0.5, 0.6) is 0 Å². The van der Waals surface area contributed by atoms with E-state index in [9.17, 15) is 13.2 Å². The molecule has 0 bridgehead atoms. The van der Waals surface area contributed by atoms with Crippen molar-refractivity contribution in [1.82, 2.24) is 9.80 Å². The molecule has 1 heterocycles. The number of alkyl halides is 3. The second-order valence-electron chi connectivity index (χ2n) is 5.23. The lowest BCUT2D eigenvalue weighted by Gasteiger charge is -2.36. The molecule has 0 amide bonds. The van der Waals surface area contributed by atoms with Crippen LogP contribution in [-0.2, 0) is 0 Å². The van der Waals surface area contributed by atoms with Gasteiger partial charge in [-0.1, -0.05) is 6.92 Å². The van der Waals surface area contributed by atoms with Crippen molar-refractivity contribution in [2.45, 2.75) is 25.9 Å². The molecular weight excluding hydrogens is 243 g/mol. The summed E-state index contributed by atoms with van der Waals surface area (Å²) in [7, 11) is 0. The summed E-state index contributed by atoms with van der Waals surface area (Å²) in [6, 6.07) is 0. The van der Waals surface area contributed by atoms with Crippen molar-refractivity contribution in [3.63, 3.8) is 0 Å². The molecule has 1 rings (SSSR count). The molecule has 0 aliphatic carbocycles. The number of nitrogens with zero attached hydrogens (tertiary/aromatic N) is 2. The van der Waals surface area contributed by atoms with Gasteiger partial charge in [-0.05, 0) is 25.3 Å². The fourth-order valence-corrected chi connectivity index (χ4v) is 2.38. The van der Waals surface area contributed by atoms with Crippen molar-refractivity contribution in [3.8, 4) is 0 Å². The van der Waals surface area contributed by atoms with E-state index in [1.165, 1.54) is 4.90 Å². The summed E-state index contributed by atoms with van der Waals surface area (Å²) in [5.74, 6) is 0.572. The zero-order valence-corrected chi connectivity index (χ0v) is 11.0. The fourth-order valence-electron chi connectivity index (χ4n) is 2.38. The topological polar surface area (TPSA) is 32.5 Å². The minimum Gasteiger partial charge on any atom is -0.330 e. The number of nitrogens with two attached hydrogens (primary N) is 1. The standard InChI is InChI=1S/C12H24F3N3/c1-11(3-2-4-16)9-17-5-7-18(8-6-17)10-12(13,14)15/h11H,2-10,16H2,1H3. The maximum atomic E-state index is 12.2. The third-order valence-corrected chi connectivity index (χ3v) is 3.34. The smallest absolute Gasteiger partial charge is 0.330 e. The van der Waals surface area contributed by atoms with Gasteiger partial charge >= 0.3 is 6.18 Å². The quantitative estimate of drug-likeness (QED) is 0.792. The lowest BCUT2D eigenvalue weighted by Crippen LogP contribution is -2.50. The number of hydrogen-bond donors (Lipinski definition) is 1. The Morgan fingerprint density at radius 3 is 2.17 bits per heavy atom. The van der Waals surface area contributed by atoms with Gasteiger partial charge in [0.05, 0.1) is 6.54 Å². The first-order valence-corrected chi connectivity index (χ1v) is 6.62. The molecule has 1 aliphatic heterocycles. The molecule has 0 aromatic carbocycles. The van der Waals surface area contributed by atoms with E-state index in [4.69, 9.17) is 5.73 Å². The van der Waals surface area contributed by atoms with Gasteiger partial charge in [-0.15, -0.1) is 0 Å². The van der Waals surface area contributed by atoms with Crippen LogP contribution in [0.1, 0.15) is 19.8 Å². The Labute approximate surface area is 107 Å². The maximum absolute atomic E-state index is 12.2. The van der Waals surface area contributed by atoms with Crippen LogP contribution in [0, 0.1) is 5.92 Å². The van der Waals surface area contributed by atoms with E-state index in [0.717, 1.165) is 32.5 Å². The van der Waals surface area contributed by atoms with E-state index in [-0.39, 0.29) is 0 Å². The highest BCUT2D eigenvalue weighted by atomic mass is 19.4. The van der Waals surface area contributed by atoms with Crippen molar-refractivity contribution in [3.05, 3.63) is 0 Å². The molecule has 2 N–H and O–H groups in total. The van der Waals surface area contributed by atoms with E-state index in [1.54, 1.807) is 0 Å². The molecule has 108 valence electrons. The third kappa shape index (κ3) is 6.56. The van der Waals surface area contributed by atoms with Crippen LogP contribution in [-0.4, -0.2) is 61.8 Å². The fraction of sp³-hybridized carbons (Fsp3) is 1.00. The van der Waals surface area contributed by atoms with Crippen molar-refractivity contribution in [2.24, 2.45) is 11.7 Å². The first-order valence-electron chi connectivity index (χ1n) is 6.62. The minimum atomic E-state index is -4.07. The Kier molecular flexibility index (Phi) is 6.38. The van der Waals surface area contributed by atoms with E-state index < -0.39 is 12.7 Å². The summed E-state index contributed by atoms with van der Waals surface area (Å²) in [5, 5.41) is 0. The molecule has 0 radical (unpaired) electrons. The van der Waals surface area contributed by atoms with Gasteiger partial charge in [0, 0.05) is 32.7 Å². The highest BCUT2D eigenvalue weighted by molar-refractivity contribution is 4.75. The van der Waals surface area contributed by atoms with Gasteiger partial charge in [0.25, 0.3) is 0 Å². The molecule has 0 aromatic rings. The molecule has 1 saturated heterocycles. The summed E-state index contributed by atoms with van der Waals surface area (Å²) in [6.07, 6.45) is -1.95. The van der Waals surface area contributed by atoms with Gasteiger partial charge < -0.3 is 10.6 Å².